The third-order valence-corrected chi connectivity index (χ3v) is 3.98. The summed E-state index contributed by atoms with van der Waals surface area (Å²) in [4.78, 5) is 2.62. The molecule has 108 valence electrons. The van der Waals surface area contributed by atoms with Gasteiger partial charge in [-0.3, -0.25) is 9.58 Å². The van der Waals surface area contributed by atoms with Gasteiger partial charge in [-0.05, 0) is 24.8 Å². The molecule has 1 fully saturated rings. The van der Waals surface area contributed by atoms with Crippen LogP contribution in [0.15, 0.2) is 12.3 Å². The van der Waals surface area contributed by atoms with Crippen LogP contribution in [0, 0.1) is 5.92 Å². The van der Waals surface area contributed by atoms with Crippen LogP contribution in [-0.4, -0.2) is 39.9 Å². The molecule has 0 radical (unpaired) electrons. The predicted octanol–water partition coefficient (Wildman–Crippen LogP) is 2.02. The molecule has 0 amide bonds. The molecule has 1 aromatic heterocycles. The number of hydrogen-bond donors (Lipinski definition) is 1. The van der Waals surface area contributed by atoms with Gasteiger partial charge in [0.05, 0.1) is 5.69 Å². The van der Waals surface area contributed by atoms with Crippen LogP contribution in [0.4, 0.5) is 0 Å². The molecule has 0 saturated carbocycles. The number of aryl methyl sites for hydroxylation is 1. The van der Waals surface area contributed by atoms with Crippen LogP contribution in [0.1, 0.15) is 39.3 Å². The lowest BCUT2D eigenvalue weighted by atomic mass is 9.98. The first kappa shape index (κ1) is 14.5. The summed E-state index contributed by atoms with van der Waals surface area (Å²) in [7, 11) is 1.99. The largest absolute Gasteiger partial charge is 0.311 e. The van der Waals surface area contributed by atoms with E-state index >= 15 is 0 Å². The van der Waals surface area contributed by atoms with Crippen LogP contribution < -0.4 is 5.32 Å². The van der Waals surface area contributed by atoms with Gasteiger partial charge in [-0.2, -0.15) is 5.10 Å². The first-order valence-electron chi connectivity index (χ1n) is 7.54. The average Bonchev–Trinajstić information content (AvgIpc) is 2.76. The molecule has 0 spiro atoms. The molecule has 2 rings (SSSR count). The van der Waals surface area contributed by atoms with Crippen molar-refractivity contribution in [3.8, 4) is 0 Å². The first-order chi connectivity index (χ1) is 9.08. The maximum Gasteiger partial charge on any atom is 0.0764 e. The molecule has 4 heteroatoms. The van der Waals surface area contributed by atoms with E-state index in [2.05, 4.69) is 42.2 Å². The SMILES string of the molecule is CCC1CN(Cc2ccn(C)n2)C(CC(C)C)CN1. The van der Waals surface area contributed by atoms with Gasteiger partial charge in [0.1, 0.15) is 0 Å². The smallest absolute Gasteiger partial charge is 0.0764 e. The van der Waals surface area contributed by atoms with Crippen molar-refractivity contribution in [2.75, 3.05) is 13.1 Å². The van der Waals surface area contributed by atoms with E-state index in [1.807, 2.05) is 17.9 Å². The lowest BCUT2D eigenvalue weighted by Gasteiger charge is -2.40. The summed E-state index contributed by atoms with van der Waals surface area (Å²) >= 11 is 0. The highest BCUT2D eigenvalue weighted by molar-refractivity contribution is 5.00. The summed E-state index contributed by atoms with van der Waals surface area (Å²) in [6.45, 7) is 10.1. The van der Waals surface area contributed by atoms with E-state index in [0.29, 0.717) is 12.1 Å². The highest BCUT2D eigenvalue weighted by atomic mass is 15.3. The molecule has 1 aromatic rings. The molecule has 2 unspecified atom stereocenters. The molecule has 0 aliphatic carbocycles. The van der Waals surface area contributed by atoms with E-state index in [4.69, 9.17) is 0 Å². The fraction of sp³-hybridized carbons (Fsp3) is 0.800. The Morgan fingerprint density at radius 3 is 2.84 bits per heavy atom. The zero-order chi connectivity index (χ0) is 13.8. The van der Waals surface area contributed by atoms with E-state index in [-0.39, 0.29) is 0 Å². The second-order valence-electron chi connectivity index (χ2n) is 6.21. The molecular formula is C15H28N4. The quantitative estimate of drug-likeness (QED) is 0.883. The van der Waals surface area contributed by atoms with Gasteiger partial charge in [0.15, 0.2) is 0 Å². The summed E-state index contributed by atoms with van der Waals surface area (Å²) in [6.07, 6.45) is 4.50. The van der Waals surface area contributed by atoms with Gasteiger partial charge in [-0.1, -0.05) is 20.8 Å². The van der Waals surface area contributed by atoms with Crippen molar-refractivity contribution in [2.24, 2.45) is 13.0 Å². The number of rotatable bonds is 5. The molecule has 2 atom stereocenters. The molecular weight excluding hydrogens is 236 g/mol. The van der Waals surface area contributed by atoms with Gasteiger partial charge in [-0.15, -0.1) is 0 Å². The topological polar surface area (TPSA) is 33.1 Å². The molecule has 4 nitrogen and oxygen atoms in total. The van der Waals surface area contributed by atoms with Crippen LogP contribution in [0.3, 0.4) is 0 Å². The van der Waals surface area contributed by atoms with Gasteiger partial charge in [0.25, 0.3) is 0 Å². The van der Waals surface area contributed by atoms with Crippen molar-refractivity contribution in [1.29, 1.82) is 0 Å². The van der Waals surface area contributed by atoms with E-state index in [0.717, 1.165) is 25.6 Å². The van der Waals surface area contributed by atoms with Crippen LogP contribution >= 0.6 is 0 Å². The Balaban J connectivity index is 2.01. The van der Waals surface area contributed by atoms with E-state index in [1.165, 1.54) is 18.5 Å². The van der Waals surface area contributed by atoms with Crippen molar-refractivity contribution in [3.05, 3.63) is 18.0 Å². The van der Waals surface area contributed by atoms with E-state index in [9.17, 15) is 0 Å². The number of piperazine rings is 1. The van der Waals surface area contributed by atoms with E-state index in [1.54, 1.807) is 0 Å². The van der Waals surface area contributed by atoms with Crippen LogP contribution in [0.25, 0.3) is 0 Å². The Labute approximate surface area is 117 Å². The minimum Gasteiger partial charge on any atom is -0.311 e. The number of nitrogens with zero attached hydrogens (tertiary/aromatic N) is 3. The van der Waals surface area contributed by atoms with Crippen LogP contribution in [0.2, 0.25) is 0 Å². The molecule has 1 aliphatic rings. The minimum atomic E-state index is 0.632. The maximum absolute atomic E-state index is 4.52. The highest BCUT2D eigenvalue weighted by Crippen LogP contribution is 2.18. The minimum absolute atomic E-state index is 0.632. The molecule has 1 saturated heterocycles. The Hall–Kier alpha value is -0.870. The average molecular weight is 264 g/mol. The maximum atomic E-state index is 4.52. The van der Waals surface area contributed by atoms with Crippen molar-refractivity contribution in [2.45, 2.75) is 52.2 Å². The summed E-state index contributed by atoms with van der Waals surface area (Å²) in [5.41, 5.74) is 1.19. The Morgan fingerprint density at radius 1 is 1.47 bits per heavy atom. The number of hydrogen-bond acceptors (Lipinski definition) is 3. The van der Waals surface area contributed by atoms with Gasteiger partial charge in [0.2, 0.25) is 0 Å². The lowest BCUT2D eigenvalue weighted by molar-refractivity contribution is 0.104. The molecule has 0 bridgehead atoms. The number of nitrogens with one attached hydrogen (secondary N) is 1. The second-order valence-corrected chi connectivity index (χ2v) is 6.21. The number of aromatic nitrogens is 2. The third-order valence-electron chi connectivity index (χ3n) is 3.98. The zero-order valence-corrected chi connectivity index (χ0v) is 12.8. The van der Waals surface area contributed by atoms with E-state index < -0.39 is 0 Å². The van der Waals surface area contributed by atoms with Gasteiger partial charge in [0, 0.05) is 45.0 Å². The standard InChI is InChI=1S/C15H28N4/c1-5-13-10-19(11-14-6-7-18(4)17-14)15(9-16-13)8-12(2)3/h6-7,12-13,15-16H,5,8-11H2,1-4H3. The molecule has 0 aromatic carbocycles. The Morgan fingerprint density at radius 2 is 2.26 bits per heavy atom. The Bertz CT molecular complexity index is 385. The molecule has 1 aliphatic heterocycles. The van der Waals surface area contributed by atoms with Crippen molar-refractivity contribution in [3.63, 3.8) is 0 Å². The first-order valence-corrected chi connectivity index (χ1v) is 7.54. The van der Waals surface area contributed by atoms with Crippen molar-refractivity contribution >= 4 is 0 Å². The lowest BCUT2D eigenvalue weighted by Crippen LogP contribution is -2.56. The molecule has 2 heterocycles. The molecule has 19 heavy (non-hydrogen) atoms. The monoisotopic (exact) mass is 264 g/mol. The second kappa shape index (κ2) is 6.53. The summed E-state index contributed by atoms with van der Waals surface area (Å²) < 4.78 is 1.90. The van der Waals surface area contributed by atoms with Crippen LogP contribution in [0.5, 0.6) is 0 Å². The highest BCUT2D eigenvalue weighted by Gasteiger charge is 2.27. The fourth-order valence-electron chi connectivity index (χ4n) is 2.93. The van der Waals surface area contributed by atoms with Crippen molar-refractivity contribution < 1.29 is 0 Å². The molecule has 1 N–H and O–H groups in total. The van der Waals surface area contributed by atoms with Crippen LogP contribution in [-0.2, 0) is 13.6 Å². The normalized spacial score (nSPS) is 25.1. The third kappa shape index (κ3) is 4.05. The zero-order valence-electron chi connectivity index (χ0n) is 12.8. The Kier molecular flexibility index (Phi) is 4.99. The van der Waals surface area contributed by atoms with Crippen molar-refractivity contribution in [1.82, 2.24) is 20.0 Å². The fourth-order valence-corrected chi connectivity index (χ4v) is 2.93. The summed E-state index contributed by atoms with van der Waals surface area (Å²) in [5.74, 6) is 0.746. The van der Waals surface area contributed by atoms with Gasteiger partial charge in [-0.25, -0.2) is 0 Å². The van der Waals surface area contributed by atoms with Gasteiger partial charge >= 0.3 is 0 Å². The predicted molar refractivity (Wildman–Crippen MR) is 78.9 cm³/mol. The summed E-state index contributed by atoms with van der Waals surface area (Å²) in [5, 5.41) is 8.20. The van der Waals surface area contributed by atoms with Gasteiger partial charge < -0.3 is 5.32 Å². The summed E-state index contributed by atoms with van der Waals surface area (Å²) in [6, 6.07) is 3.41.